The average molecular weight is 469 g/mol. The van der Waals surface area contributed by atoms with E-state index in [4.69, 9.17) is 18.9 Å². The number of carbonyl (C=O) groups is 3. The summed E-state index contributed by atoms with van der Waals surface area (Å²) in [5.41, 5.74) is 0.966. The molecule has 34 heavy (non-hydrogen) atoms. The normalized spacial score (nSPS) is 20.1. The highest BCUT2D eigenvalue weighted by molar-refractivity contribution is 6.14. The van der Waals surface area contributed by atoms with Gasteiger partial charge in [0.1, 0.15) is 29.0 Å². The number of methoxy groups -OCH3 is 2. The predicted octanol–water partition coefficient (Wildman–Crippen LogP) is 1.75. The molecule has 0 unspecified atom stereocenters. The first-order valence-corrected chi connectivity index (χ1v) is 10.4. The zero-order chi connectivity index (χ0) is 24.4. The highest BCUT2D eigenvalue weighted by Gasteiger charge is 2.39. The number of carboxylic acid groups (broad SMARTS) is 1. The number of hydrogen-bond acceptors (Lipinski definition) is 8. The van der Waals surface area contributed by atoms with Crippen LogP contribution in [0.1, 0.15) is 22.3 Å². The predicted molar refractivity (Wildman–Crippen MR) is 118 cm³/mol. The fourth-order valence-electron chi connectivity index (χ4n) is 3.89. The van der Waals surface area contributed by atoms with Crippen LogP contribution in [0.2, 0.25) is 0 Å². The van der Waals surface area contributed by atoms with E-state index in [2.05, 4.69) is 0 Å². The number of hydrogen-bond donors (Lipinski definition) is 2. The maximum absolute atomic E-state index is 12.8. The molecule has 0 aromatic heterocycles. The van der Waals surface area contributed by atoms with Crippen LogP contribution in [0.15, 0.2) is 42.2 Å². The fraction of sp³-hybridized carbons (Fsp3) is 0.292. The number of nitrogens with zero attached hydrogens (tertiary/aromatic N) is 1. The first kappa shape index (κ1) is 23.1. The zero-order valence-corrected chi connectivity index (χ0v) is 18.5. The van der Waals surface area contributed by atoms with Gasteiger partial charge in [0, 0.05) is 30.7 Å². The van der Waals surface area contributed by atoms with E-state index in [0.717, 1.165) is 4.90 Å². The molecule has 2 aliphatic heterocycles. The Morgan fingerprint density at radius 3 is 2.62 bits per heavy atom. The minimum Gasteiger partial charge on any atom is -0.497 e. The Morgan fingerprint density at radius 2 is 1.91 bits per heavy atom. The molecule has 10 nitrogen and oxygen atoms in total. The molecular weight excluding hydrogens is 446 g/mol. The number of ether oxygens (including phenoxy) is 4. The van der Waals surface area contributed by atoms with Gasteiger partial charge in [-0.05, 0) is 30.3 Å². The topological polar surface area (TPSA) is 132 Å². The molecule has 2 aromatic carbocycles. The van der Waals surface area contributed by atoms with Crippen LogP contribution < -0.4 is 18.9 Å². The number of ketones is 1. The average Bonchev–Trinajstić information content (AvgIpc) is 3.37. The van der Waals surface area contributed by atoms with Gasteiger partial charge < -0.3 is 34.1 Å². The van der Waals surface area contributed by atoms with Crippen LogP contribution in [0.4, 0.5) is 0 Å². The van der Waals surface area contributed by atoms with E-state index in [-0.39, 0.29) is 36.0 Å². The summed E-state index contributed by atoms with van der Waals surface area (Å²) in [5, 5.41) is 18.9. The molecule has 2 atom stereocenters. The van der Waals surface area contributed by atoms with Crippen molar-refractivity contribution >= 4 is 23.7 Å². The quantitative estimate of drug-likeness (QED) is 0.582. The largest absolute Gasteiger partial charge is 0.497 e. The third kappa shape index (κ3) is 4.53. The van der Waals surface area contributed by atoms with Crippen molar-refractivity contribution < 1.29 is 43.5 Å². The molecule has 0 aliphatic carbocycles. The molecule has 2 N–H and O–H groups in total. The maximum atomic E-state index is 12.8. The van der Waals surface area contributed by atoms with Crippen LogP contribution in [-0.2, 0) is 9.59 Å². The number of amides is 1. The van der Waals surface area contributed by atoms with Gasteiger partial charge in [-0.2, -0.15) is 0 Å². The maximum Gasteiger partial charge on any atom is 0.326 e. The number of benzene rings is 2. The summed E-state index contributed by atoms with van der Waals surface area (Å²) in [6.45, 7) is -0.487. The third-order valence-electron chi connectivity index (χ3n) is 5.62. The van der Waals surface area contributed by atoms with Crippen molar-refractivity contribution in [1.82, 2.24) is 4.90 Å². The molecule has 1 amide bonds. The van der Waals surface area contributed by atoms with E-state index >= 15 is 0 Å². The molecule has 2 heterocycles. The molecule has 0 bridgehead atoms. The van der Waals surface area contributed by atoms with Crippen molar-refractivity contribution in [3.63, 3.8) is 0 Å². The minimum atomic E-state index is -1.18. The van der Waals surface area contributed by atoms with Gasteiger partial charge in [-0.1, -0.05) is 0 Å². The van der Waals surface area contributed by atoms with Gasteiger partial charge in [-0.25, -0.2) is 4.79 Å². The first-order chi connectivity index (χ1) is 16.3. The number of likely N-dealkylation sites (tertiary alicyclic amines) is 1. The summed E-state index contributed by atoms with van der Waals surface area (Å²) in [6, 6.07) is 8.62. The lowest BCUT2D eigenvalue weighted by molar-refractivity contribution is -0.148. The monoisotopic (exact) mass is 469 g/mol. The molecule has 10 heteroatoms. The minimum absolute atomic E-state index is 0.0238. The Morgan fingerprint density at radius 1 is 1.15 bits per heavy atom. The van der Waals surface area contributed by atoms with Crippen molar-refractivity contribution in [3.8, 4) is 23.0 Å². The van der Waals surface area contributed by atoms with E-state index in [9.17, 15) is 24.6 Å². The highest BCUT2D eigenvalue weighted by atomic mass is 16.5. The van der Waals surface area contributed by atoms with Crippen LogP contribution in [0, 0.1) is 0 Å². The second-order valence-electron chi connectivity index (χ2n) is 7.78. The van der Waals surface area contributed by atoms with Crippen LogP contribution in [0.5, 0.6) is 23.0 Å². The highest BCUT2D eigenvalue weighted by Crippen LogP contribution is 2.36. The second-order valence-corrected chi connectivity index (χ2v) is 7.78. The number of Topliss-reactive ketones (excluding diaryl/α,β-unsaturated/α-hetero) is 1. The lowest BCUT2D eigenvalue weighted by Crippen LogP contribution is -2.42. The second kappa shape index (κ2) is 9.44. The number of aliphatic carboxylic acids is 1. The van der Waals surface area contributed by atoms with Crippen molar-refractivity contribution in [2.45, 2.75) is 18.6 Å². The van der Waals surface area contributed by atoms with E-state index in [1.54, 1.807) is 31.4 Å². The summed E-state index contributed by atoms with van der Waals surface area (Å²) in [5.74, 6) is -0.295. The number of carboxylic acids is 1. The Balaban J connectivity index is 1.46. The Kier molecular flexibility index (Phi) is 6.42. The van der Waals surface area contributed by atoms with Gasteiger partial charge in [0.2, 0.25) is 5.78 Å². The molecule has 4 rings (SSSR count). The lowest BCUT2D eigenvalue weighted by Gasteiger charge is -2.21. The van der Waals surface area contributed by atoms with Crippen molar-refractivity contribution in [2.75, 3.05) is 27.4 Å². The van der Waals surface area contributed by atoms with Crippen molar-refractivity contribution in [2.24, 2.45) is 0 Å². The van der Waals surface area contributed by atoms with Crippen molar-refractivity contribution in [3.05, 3.63) is 53.3 Å². The molecule has 0 spiro atoms. The van der Waals surface area contributed by atoms with E-state index in [1.165, 1.54) is 25.3 Å². The summed E-state index contributed by atoms with van der Waals surface area (Å²) in [6.07, 6.45) is 0.651. The third-order valence-corrected chi connectivity index (χ3v) is 5.62. The molecule has 1 fully saturated rings. The van der Waals surface area contributed by atoms with Crippen LogP contribution in [-0.4, -0.2) is 72.3 Å². The smallest absolute Gasteiger partial charge is 0.326 e. The number of aliphatic hydroxyl groups excluding tert-OH is 1. The van der Waals surface area contributed by atoms with Gasteiger partial charge in [0.15, 0.2) is 12.4 Å². The Hall–Kier alpha value is -4.05. The van der Waals surface area contributed by atoms with Crippen molar-refractivity contribution in [1.29, 1.82) is 0 Å². The summed E-state index contributed by atoms with van der Waals surface area (Å²) < 4.78 is 21.8. The standard InChI is InChI=1S/C24H23NO9/c1-31-15-4-3-13(19(9-15)32-2)7-21-23(28)17-6-5-16(10-20(17)34-21)33-12-22(27)25-11-14(26)8-18(25)24(29)30/h3-7,9-10,14,18,26H,8,11-12H2,1-2H3,(H,29,30)/b21-7-/t14-,18+/m1/s1. The molecule has 0 radical (unpaired) electrons. The van der Waals surface area contributed by atoms with E-state index in [0.29, 0.717) is 22.6 Å². The first-order valence-electron chi connectivity index (χ1n) is 10.4. The summed E-state index contributed by atoms with van der Waals surface area (Å²) in [7, 11) is 3.05. The number of aliphatic hydroxyl groups is 1. The molecule has 1 saturated heterocycles. The molecule has 178 valence electrons. The summed E-state index contributed by atoms with van der Waals surface area (Å²) >= 11 is 0. The molecule has 0 saturated carbocycles. The van der Waals surface area contributed by atoms with Gasteiger partial charge in [-0.3, -0.25) is 9.59 Å². The summed E-state index contributed by atoms with van der Waals surface area (Å²) in [4.78, 5) is 37.6. The van der Waals surface area contributed by atoms with E-state index in [1.807, 2.05) is 0 Å². The number of allylic oxidation sites excluding steroid dienone is 1. The van der Waals surface area contributed by atoms with Crippen LogP contribution in [0.25, 0.3) is 6.08 Å². The van der Waals surface area contributed by atoms with Gasteiger partial charge in [0.25, 0.3) is 5.91 Å². The SMILES string of the molecule is COc1ccc(/C=C2\Oc3cc(OCC(=O)N4C[C@H](O)C[C@H]4C(=O)O)ccc3C2=O)c(OC)c1. The number of rotatable bonds is 7. The van der Waals surface area contributed by atoms with E-state index < -0.39 is 30.6 Å². The fourth-order valence-corrected chi connectivity index (χ4v) is 3.89. The Labute approximate surface area is 194 Å². The lowest BCUT2D eigenvalue weighted by atomic mass is 10.1. The van der Waals surface area contributed by atoms with Gasteiger partial charge in [-0.15, -0.1) is 0 Å². The van der Waals surface area contributed by atoms with Crippen LogP contribution in [0.3, 0.4) is 0 Å². The van der Waals surface area contributed by atoms with Gasteiger partial charge >= 0.3 is 5.97 Å². The van der Waals surface area contributed by atoms with Gasteiger partial charge in [0.05, 0.1) is 25.9 Å². The van der Waals surface area contributed by atoms with Crippen LogP contribution >= 0.6 is 0 Å². The number of β-amino-alcohol motifs (C(OH)–C–C–N with tert-alkyl or cyclic N) is 1. The molecule has 2 aliphatic rings. The zero-order valence-electron chi connectivity index (χ0n) is 18.5. The molecule has 2 aromatic rings. The number of fused-ring (bicyclic) bond motifs is 1. The molecular formula is C24H23NO9. The Bertz CT molecular complexity index is 1170. The number of carbonyl (C=O) groups excluding carboxylic acids is 2.